The quantitative estimate of drug-likeness (QED) is 0.195. The number of rotatable bonds is 8. The summed E-state index contributed by atoms with van der Waals surface area (Å²) < 4.78 is 8.96. The number of furan rings is 1. The number of unbranched alkanes of at least 4 members (excludes halogenated alkanes) is 1. The standard InChI is InChI=1S/C23H20Cl3N5O2/c24-11-3-1-2-5-19-20-15-30(23(32)27-22(20)33-21(19)6-4-12-25)13-17-14-31(29-28-17)18-9-7-16(26)8-10-18/h7-10,14-15H,1,3-4,6,11-13H2. The fourth-order valence-electron chi connectivity index (χ4n) is 3.27. The van der Waals surface area contributed by atoms with E-state index in [1.54, 1.807) is 29.2 Å². The predicted molar refractivity (Wildman–Crippen MR) is 130 cm³/mol. The highest BCUT2D eigenvalue weighted by Crippen LogP contribution is 2.24. The van der Waals surface area contributed by atoms with E-state index in [0.717, 1.165) is 24.1 Å². The Bertz CT molecular complexity index is 1360. The van der Waals surface area contributed by atoms with Gasteiger partial charge in [0.15, 0.2) is 0 Å². The molecule has 4 aromatic rings. The lowest BCUT2D eigenvalue weighted by atomic mass is 10.1. The van der Waals surface area contributed by atoms with E-state index in [0.29, 0.717) is 46.5 Å². The molecule has 0 atom stereocenters. The Hall–Kier alpha value is -2.79. The molecule has 0 fully saturated rings. The topological polar surface area (TPSA) is 78.7 Å². The van der Waals surface area contributed by atoms with E-state index in [1.807, 2.05) is 12.1 Å². The number of fused-ring (bicyclic) bond motifs is 1. The molecule has 3 aromatic heterocycles. The Morgan fingerprint density at radius 2 is 1.85 bits per heavy atom. The second-order valence-electron chi connectivity index (χ2n) is 7.29. The summed E-state index contributed by atoms with van der Waals surface area (Å²) >= 11 is 17.6. The molecule has 0 aliphatic heterocycles. The van der Waals surface area contributed by atoms with E-state index >= 15 is 0 Å². The molecule has 10 heteroatoms. The molecule has 0 aliphatic rings. The Labute approximate surface area is 205 Å². The molecule has 1 aromatic carbocycles. The van der Waals surface area contributed by atoms with Gasteiger partial charge in [-0.25, -0.2) is 9.48 Å². The van der Waals surface area contributed by atoms with Crippen molar-refractivity contribution in [3.05, 3.63) is 69.2 Å². The van der Waals surface area contributed by atoms with Crippen LogP contribution in [0.1, 0.15) is 36.3 Å². The fraction of sp³-hybridized carbons (Fsp3) is 0.304. The predicted octanol–water partition coefficient (Wildman–Crippen LogP) is 4.81. The second kappa shape index (κ2) is 10.9. The Morgan fingerprint density at radius 1 is 1.06 bits per heavy atom. The van der Waals surface area contributed by atoms with Gasteiger partial charge in [0.05, 0.1) is 29.4 Å². The average Bonchev–Trinajstić information content (AvgIpc) is 3.40. The number of hydrogen-bond acceptors (Lipinski definition) is 5. The fourth-order valence-corrected chi connectivity index (χ4v) is 3.66. The molecule has 0 aliphatic carbocycles. The van der Waals surface area contributed by atoms with Crippen molar-refractivity contribution in [2.24, 2.45) is 0 Å². The van der Waals surface area contributed by atoms with Gasteiger partial charge in [0.2, 0.25) is 5.71 Å². The zero-order valence-electron chi connectivity index (χ0n) is 17.6. The minimum Gasteiger partial charge on any atom is -0.441 e. The summed E-state index contributed by atoms with van der Waals surface area (Å²) in [5.74, 6) is 8.04. The van der Waals surface area contributed by atoms with Gasteiger partial charge in [0.1, 0.15) is 11.5 Å². The van der Waals surface area contributed by atoms with Gasteiger partial charge >= 0.3 is 5.69 Å². The van der Waals surface area contributed by atoms with Gasteiger partial charge in [-0.05, 0) is 37.1 Å². The van der Waals surface area contributed by atoms with Crippen LogP contribution in [0, 0.1) is 11.8 Å². The molecule has 4 rings (SSSR count). The molecule has 0 spiro atoms. The molecule has 33 heavy (non-hydrogen) atoms. The lowest BCUT2D eigenvalue weighted by molar-refractivity contribution is 0.531. The number of benzene rings is 1. The van der Waals surface area contributed by atoms with Crippen LogP contribution in [0.5, 0.6) is 0 Å². The molecule has 3 heterocycles. The average molecular weight is 505 g/mol. The first-order valence-corrected chi connectivity index (χ1v) is 11.8. The summed E-state index contributed by atoms with van der Waals surface area (Å²) in [6.07, 6.45) is 6.29. The van der Waals surface area contributed by atoms with Crippen molar-refractivity contribution in [2.75, 3.05) is 11.8 Å². The number of aryl methyl sites for hydroxylation is 1. The monoisotopic (exact) mass is 503 g/mol. The molecule has 0 amide bonds. The largest absolute Gasteiger partial charge is 0.441 e. The minimum atomic E-state index is -0.442. The molecular formula is C23H20Cl3N5O2. The number of halogens is 3. The normalized spacial score (nSPS) is 11.0. The zero-order valence-corrected chi connectivity index (χ0v) is 19.9. The van der Waals surface area contributed by atoms with Crippen LogP contribution in [-0.4, -0.2) is 36.3 Å². The van der Waals surface area contributed by atoms with Gasteiger partial charge in [-0.1, -0.05) is 28.7 Å². The van der Waals surface area contributed by atoms with E-state index in [9.17, 15) is 4.79 Å². The van der Waals surface area contributed by atoms with Crippen LogP contribution in [0.2, 0.25) is 5.02 Å². The van der Waals surface area contributed by atoms with Gasteiger partial charge in [-0.3, -0.25) is 4.57 Å². The first-order chi connectivity index (χ1) is 16.1. The van der Waals surface area contributed by atoms with E-state index in [4.69, 9.17) is 39.2 Å². The zero-order chi connectivity index (χ0) is 23.2. The van der Waals surface area contributed by atoms with E-state index in [2.05, 4.69) is 27.1 Å². The van der Waals surface area contributed by atoms with Gasteiger partial charge in [-0.2, -0.15) is 4.98 Å². The first kappa shape index (κ1) is 23.4. The van der Waals surface area contributed by atoms with Crippen LogP contribution in [0.4, 0.5) is 0 Å². The summed E-state index contributed by atoms with van der Waals surface area (Å²) in [5, 5.41) is 9.64. The summed E-state index contributed by atoms with van der Waals surface area (Å²) in [5.41, 5.74) is 1.98. The molecular weight excluding hydrogens is 485 g/mol. The Morgan fingerprint density at radius 3 is 2.61 bits per heavy atom. The van der Waals surface area contributed by atoms with Crippen molar-refractivity contribution in [1.82, 2.24) is 24.5 Å². The van der Waals surface area contributed by atoms with Crippen LogP contribution >= 0.6 is 34.8 Å². The molecule has 170 valence electrons. The van der Waals surface area contributed by atoms with E-state index in [1.165, 1.54) is 4.57 Å². The van der Waals surface area contributed by atoms with Crippen LogP contribution in [-0.2, 0) is 13.0 Å². The number of nitrogens with zero attached hydrogens (tertiary/aromatic N) is 5. The molecule has 0 unspecified atom stereocenters. The maximum atomic E-state index is 12.6. The van der Waals surface area contributed by atoms with Crippen LogP contribution in [0.25, 0.3) is 16.8 Å². The molecule has 0 saturated carbocycles. The third-order valence-corrected chi connectivity index (χ3v) is 5.66. The molecule has 0 bridgehead atoms. The SMILES string of the molecule is O=c1nc2oc(CCCCl)c(C#CCCCCl)c2cn1Cc1cn(-c2ccc(Cl)cc2)nn1. The number of aromatic nitrogens is 5. The molecule has 0 N–H and O–H groups in total. The highest BCUT2D eigenvalue weighted by molar-refractivity contribution is 6.30. The van der Waals surface area contributed by atoms with Gasteiger partial charge in [-0.15, -0.1) is 28.3 Å². The lowest BCUT2D eigenvalue weighted by Gasteiger charge is -2.02. The summed E-state index contributed by atoms with van der Waals surface area (Å²) in [6.45, 7) is 0.205. The smallest absolute Gasteiger partial charge is 0.351 e. The third-order valence-electron chi connectivity index (χ3n) is 4.88. The molecule has 7 nitrogen and oxygen atoms in total. The summed E-state index contributed by atoms with van der Waals surface area (Å²) in [6, 6.07) is 7.22. The lowest BCUT2D eigenvalue weighted by Crippen LogP contribution is -2.22. The highest BCUT2D eigenvalue weighted by atomic mass is 35.5. The van der Waals surface area contributed by atoms with Crippen molar-refractivity contribution in [1.29, 1.82) is 0 Å². The van der Waals surface area contributed by atoms with E-state index < -0.39 is 5.69 Å². The van der Waals surface area contributed by atoms with E-state index in [-0.39, 0.29) is 12.3 Å². The van der Waals surface area contributed by atoms with Gasteiger partial charge < -0.3 is 4.42 Å². The van der Waals surface area contributed by atoms with Crippen molar-refractivity contribution in [3.8, 4) is 17.5 Å². The molecule has 0 radical (unpaired) electrons. The van der Waals surface area contributed by atoms with Crippen LogP contribution in [0.15, 0.2) is 45.9 Å². The first-order valence-electron chi connectivity index (χ1n) is 10.4. The van der Waals surface area contributed by atoms with Crippen molar-refractivity contribution < 1.29 is 4.42 Å². The number of alkyl halides is 2. The third kappa shape index (κ3) is 5.59. The van der Waals surface area contributed by atoms with Crippen LogP contribution in [0.3, 0.4) is 0 Å². The summed E-state index contributed by atoms with van der Waals surface area (Å²) in [4.78, 5) is 16.8. The Kier molecular flexibility index (Phi) is 7.71. The van der Waals surface area contributed by atoms with Crippen molar-refractivity contribution in [3.63, 3.8) is 0 Å². The van der Waals surface area contributed by atoms with Crippen LogP contribution < -0.4 is 5.69 Å². The minimum absolute atomic E-state index is 0.205. The number of hydrogen-bond donors (Lipinski definition) is 0. The van der Waals surface area contributed by atoms with Crippen molar-refractivity contribution in [2.45, 2.75) is 32.2 Å². The van der Waals surface area contributed by atoms with Gasteiger partial charge in [0.25, 0.3) is 0 Å². The maximum absolute atomic E-state index is 12.6. The molecule has 0 saturated heterocycles. The summed E-state index contributed by atoms with van der Waals surface area (Å²) in [7, 11) is 0. The second-order valence-corrected chi connectivity index (χ2v) is 8.48. The maximum Gasteiger partial charge on any atom is 0.351 e. The van der Waals surface area contributed by atoms with Gasteiger partial charge in [0, 0.05) is 35.8 Å². The highest BCUT2D eigenvalue weighted by Gasteiger charge is 2.16. The Balaban J connectivity index is 1.66. The van der Waals surface area contributed by atoms with Crippen molar-refractivity contribution >= 4 is 45.9 Å².